The second-order valence-electron chi connectivity index (χ2n) is 5.29. The fourth-order valence-electron chi connectivity index (χ4n) is 1.67. The molecule has 8 nitrogen and oxygen atoms in total. The van der Waals surface area contributed by atoms with Crippen LogP contribution in [0.15, 0.2) is 36.8 Å². The molecule has 2 aromatic heterocycles. The highest BCUT2D eigenvalue weighted by Gasteiger charge is 2.09. The quantitative estimate of drug-likeness (QED) is 0.592. The SMILES string of the molecule is COC(=O)C(C)C.COC(=O)CC[n+]1ccc(-c2cccnn2)cn1. The van der Waals surface area contributed by atoms with Crippen molar-refractivity contribution in [3.8, 4) is 11.3 Å². The molecule has 0 bridgehead atoms. The molecule has 0 aliphatic rings. The average molecular weight is 347 g/mol. The van der Waals surface area contributed by atoms with Crippen LogP contribution in [-0.4, -0.2) is 41.5 Å². The van der Waals surface area contributed by atoms with Crippen LogP contribution in [0, 0.1) is 5.92 Å². The van der Waals surface area contributed by atoms with Gasteiger partial charge in [-0.15, -0.1) is 0 Å². The van der Waals surface area contributed by atoms with Gasteiger partial charge in [-0.2, -0.15) is 10.2 Å². The van der Waals surface area contributed by atoms with E-state index in [1.807, 2.05) is 18.2 Å². The molecule has 2 aromatic rings. The van der Waals surface area contributed by atoms with E-state index in [1.54, 1.807) is 37.1 Å². The maximum Gasteiger partial charge on any atom is 0.312 e. The molecule has 0 aromatic carbocycles. The fourth-order valence-corrected chi connectivity index (χ4v) is 1.67. The molecule has 0 N–H and O–H groups in total. The third-order valence-electron chi connectivity index (χ3n) is 3.08. The summed E-state index contributed by atoms with van der Waals surface area (Å²) in [5.74, 6) is -0.396. The molecule has 134 valence electrons. The Kier molecular flexibility index (Phi) is 8.70. The molecule has 25 heavy (non-hydrogen) atoms. The second-order valence-corrected chi connectivity index (χ2v) is 5.29. The minimum Gasteiger partial charge on any atom is -0.469 e. The van der Waals surface area contributed by atoms with Gasteiger partial charge >= 0.3 is 11.9 Å². The van der Waals surface area contributed by atoms with E-state index in [1.165, 1.54) is 14.2 Å². The van der Waals surface area contributed by atoms with Gasteiger partial charge in [0, 0.05) is 17.8 Å². The van der Waals surface area contributed by atoms with Crippen molar-refractivity contribution in [1.29, 1.82) is 0 Å². The zero-order chi connectivity index (χ0) is 18.7. The maximum atomic E-state index is 11.0. The number of hydrogen-bond donors (Lipinski definition) is 0. The largest absolute Gasteiger partial charge is 0.469 e. The molecule has 0 amide bonds. The van der Waals surface area contributed by atoms with Gasteiger partial charge in [-0.1, -0.05) is 18.5 Å². The molecule has 0 unspecified atom stereocenters. The molecule has 0 fully saturated rings. The lowest BCUT2D eigenvalue weighted by Gasteiger charge is -1.97. The standard InChI is InChI=1S/C12H13N4O2.C5H10O2/c1-18-12(17)5-8-16-7-4-10(9-14-16)11-3-2-6-13-15-11;1-4(2)5(6)7-3/h2-4,6-7,9H,5,8H2,1H3;4H,1-3H3/q+1;. The van der Waals surface area contributed by atoms with E-state index in [9.17, 15) is 9.59 Å². The summed E-state index contributed by atoms with van der Waals surface area (Å²) < 4.78 is 10.6. The molecule has 0 aliphatic carbocycles. The lowest BCUT2D eigenvalue weighted by Crippen LogP contribution is -2.38. The number of methoxy groups -OCH3 is 2. The first-order valence-electron chi connectivity index (χ1n) is 7.76. The summed E-state index contributed by atoms with van der Waals surface area (Å²) in [7, 11) is 2.76. The van der Waals surface area contributed by atoms with Gasteiger partial charge in [0.25, 0.3) is 0 Å². The first kappa shape index (κ1) is 20.1. The Morgan fingerprint density at radius 2 is 1.96 bits per heavy atom. The monoisotopic (exact) mass is 347 g/mol. The van der Waals surface area contributed by atoms with E-state index in [0.717, 1.165) is 11.3 Å². The second kappa shape index (κ2) is 10.8. The Morgan fingerprint density at radius 3 is 2.40 bits per heavy atom. The third kappa shape index (κ3) is 7.47. The number of ether oxygens (including phenoxy) is 2. The van der Waals surface area contributed by atoms with Crippen LogP contribution in [0.25, 0.3) is 11.3 Å². The zero-order valence-electron chi connectivity index (χ0n) is 14.9. The van der Waals surface area contributed by atoms with Gasteiger partial charge in [-0.05, 0) is 17.2 Å². The van der Waals surface area contributed by atoms with Crippen molar-refractivity contribution in [2.24, 2.45) is 5.92 Å². The number of carbonyl (C=O) groups is 2. The van der Waals surface area contributed by atoms with Gasteiger partial charge in [-0.3, -0.25) is 9.59 Å². The van der Waals surface area contributed by atoms with E-state index in [-0.39, 0.29) is 17.9 Å². The molecule has 2 heterocycles. The Labute approximate surface area is 146 Å². The van der Waals surface area contributed by atoms with Gasteiger partial charge in [0.1, 0.15) is 12.6 Å². The molecule has 0 spiro atoms. The smallest absolute Gasteiger partial charge is 0.312 e. The lowest BCUT2D eigenvalue weighted by molar-refractivity contribution is -0.752. The Bertz CT molecular complexity index is 660. The number of esters is 2. The highest BCUT2D eigenvalue weighted by molar-refractivity contribution is 5.71. The molecule has 0 saturated heterocycles. The van der Waals surface area contributed by atoms with Crippen molar-refractivity contribution >= 4 is 11.9 Å². The summed E-state index contributed by atoms with van der Waals surface area (Å²) >= 11 is 0. The molecule has 8 heteroatoms. The van der Waals surface area contributed by atoms with Crippen molar-refractivity contribution in [3.63, 3.8) is 0 Å². The summed E-state index contributed by atoms with van der Waals surface area (Å²) in [5, 5.41) is 12.0. The molecule has 0 atom stereocenters. The van der Waals surface area contributed by atoms with Gasteiger partial charge in [0.15, 0.2) is 12.7 Å². The topological polar surface area (TPSA) is 95.2 Å². The molecule has 0 saturated carbocycles. The molecule has 2 rings (SSSR count). The van der Waals surface area contributed by atoms with E-state index < -0.39 is 0 Å². The van der Waals surface area contributed by atoms with Crippen LogP contribution >= 0.6 is 0 Å². The number of aromatic nitrogens is 4. The van der Waals surface area contributed by atoms with Crippen LogP contribution in [0.4, 0.5) is 0 Å². The maximum absolute atomic E-state index is 11.0. The zero-order valence-corrected chi connectivity index (χ0v) is 14.9. The Balaban J connectivity index is 0.000000381. The first-order chi connectivity index (χ1) is 12.0. The van der Waals surface area contributed by atoms with E-state index in [4.69, 9.17) is 0 Å². The average Bonchev–Trinajstić information content (AvgIpc) is 2.66. The van der Waals surface area contributed by atoms with Crippen LogP contribution in [0.3, 0.4) is 0 Å². The van der Waals surface area contributed by atoms with E-state index >= 15 is 0 Å². The normalized spacial score (nSPS) is 9.80. The van der Waals surface area contributed by atoms with Crippen molar-refractivity contribution in [2.75, 3.05) is 14.2 Å². The van der Waals surface area contributed by atoms with Crippen LogP contribution in [0.5, 0.6) is 0 Å². The third-order valence-corrected chi connectivity index (χ3v) is 3.08. The summed E-state index contributed by atoms with van der Waals surface area (Å²) in [6, 6.07) is 5.57. The van der Waals surface area contributed by atoms with Crippen LogP contribution in [0.1, 0.15) is 20.3 Å². The Hall–Kier alpha value is -2.90. The van der Waals surface area contributed by atoms with Crippen LogP contribution in [0.2, 0.25) is 0 Å². The minimum atomic E-state index is -0.248. The molecule has 0 aliphatic heterocycles. The lowest BCUT2D eigenvalue weighted by atomic mass is 10.2. The van der Waals surface area contributed by atoms with Gasteiger partial charge in [0.2, 0.25) is 0 Å². The van der Waals surface area contributed by atoms with Crippen LogP contribution in [-0.2, 0) is 25.6 Å². The van der Waals surface area contributed by atoms with E-state index in [0.29, 0.717) is 13.0 Å². The summed E-state index contributed by atoms with van der Waals surface area (Å²) in [5.41, 5.74) is 1.66. The predicted molar refractivity (Wildman–Crippen MR) is 88.9 cm³/mol. The molecular formula is C17H23N4O4+. The molecule has 0 radical (unpaired) electrons. The number of rotatable bonds is 5. The van der Waals surface area contributed by atoms with E-state index in [2.05, 4.69) is 24.8 Å². The summed E-state index contributed by atoms with van der Waals surface area (Å²) in [6.45, 7) is 4.09. The molecular weight excluding hydrogens is 324 g/mol. The van der Waals surface area contributed by atoms with Gasteiger partial charge in [0.05, 0.1) is 25.8 Å². The minimum absolute atomic E-state index is 0.00463. The first-order valence-corrected chi connectivity index (χ1v) is 7.76. The fraction of sp³-hybridized carbons (Fsp3) is 0.412. The Morgan fingerprint density at radius 1 is 1.20 bits per heavy atom. The van der Waals surface area contributed by atoms with Crippen molar-refractivity contribution in [3.05, 3.63) is 36.8 Å². The predicted octanol–water partition coefficient (Wildman–Crippen LogP) is 1.20. The highest BCUT2D eigenvalue weighted by atomic mass is 16.5. The summed E-state index contributed by atoms with van der Waals surface area (Å²) in [6.07, 6.45) is 5.42. The van der Waals surface area contributed by atoms with Crippen molar-refractivity contribution in [2.45, 2.75) is 26.8 Å². The number of carbonyl (C=O) groups excluding carboxylic acids is 2. The number of hydrogen-bond acceptors (Lipinski definition) is 7. The number of nitrogens with zero attached hydrogens (tertiary/aromatic N) is 4. The van der Waals surface area contributed by atoms with Crippen molar-refractivity contribution < 1.29 is 23.7 Å². The highest BCUT2D eigenvalue weighted by Crippen LogP contribution is 2.11. The van der Waals surface area contributed by atoms with Crippen LogP contribution < -0.4 is 4.68 Å². The van der Waals surface area contributed by atoms with Crippen molar-refractivity contribution in [1.82, 2.24) is 15.3 Å². The van der Waals surface area contributed by atoms with Gasteiger partial charge < -0.3 is 9.47 Å². The van der Waals surface area contributed by atoms with Gasteiger partial charge in [-0.25, -0.2) is 0 Å². The summed E-state index contributed by atoms with van der Waals surface area (Å²) in [4.78, 5) is 21.3. The number of aryl methyl sites for hydroxylation is 1.